The minimum absolute atomic E-state index is 0.237. The van der Waals surface area contributed by atoms with Crippen LogP contribution in [0.1, 0.15) is 6.42 Å². The number of hydrogen-bond donors (Lipinski definition) is 0. The van der Waals surface area contributed by atoms with Crippen LogP contribution in [0.3, 0.4) is 0 Å². The molecule has 0 amide bonds. The molecule has 0 unspecified atom stereocenters. The number of hydrogen-bond acceptors (Lipinski definition) is 5. The number of carbonyl (C=O) groups excluding carboxylic acids is 1. The highest BCUT2D eigenvalue weighted by Crippen LogP contribution is 2.63. The second-order valence-corrected chi connectivity index (χ2v) is 8.26. The van der Waals surface area contributed by atoms with E-state index in [1.165, 1.54) is 0 Å². The fourth-order valence-corrected chi connectivity index (χ4v) is 3.17. The van der Waals surface area contributed by atoms with Crippen LogP contribution >= 0.6 is 0 Å². The zero-order chi connectivity index (χ0) is 30.7. The van der Waals surface area contributed by atoms with Gasteiger partial charge in [0.2, 0.25) is 11.5 Å². The molecule has 1 aliphatic rings. The van der Waals surface area contributed by atoms with E-state index in [0.717, 1.165) is 0 Å². The summed E-state index contributed by atoms with van der Waals surface area (Å²) >= 11 is 0. The van der Waals surface area contributed by atoms with Gasteiger partial charge in [-0.1, -0.05) is 0 Å². The highest BCUT2D eigenvalue weighted by molar-refractivity contribution is 7.89. The Kier molecular flexibility index (Phi) is 8.15. The van der Waals surface area contributed by atoms with Gasteiger partial charge in [0.05, 0.1) is 5.57 Å². The Balaban J connectivity index is 4.49. The number of Topliss-reactive ketones (excluding diaryl/α,β-unsaturated/α-hetero) is 1. The van der Waals surface area contributed by atoms with Crippen molar-refractivity contribution in [1.82, 2.24) is 0 Å². The summed E-state index contributed by atoms with van der Waals surface area (Å²) in [5.74, 6) is -9.75. The van der Waals surface area contributed by atoms with Gasteiger partial charge in [-0.3, -0.25) is 4.79 Å². The van der Waals surface area contributed by atoms with E-state index in [0.29, 0.717) is 0 Å². The number of alkyl halides is 17. The molecule has 0 aromatic rings. The van der Waals surface area contributed by atoms with E-state index in [-0.39, 0.29) is 6.08 Å². The molecule has 0 spiro atoms. The molecule has 0 saturated heterocycles. The lowest BCUT2D eigenvalue weighted by molar-refractivity contribution is -0.366. The van der Waals surface area contributed by atoms with Crippen molar-refractivity contribution in [3.8, 4) is 0 Å². The fourth-order valence-electron chi connectivity index (χ4n) is 2.63. The van der Waals surface area contributed by atoms with Gasteiger partial charge in [-0.2, -0.15) is 65.9 Å². The van der Waals surface area contributed by atoms with Crippen molar-refractivity contribution in [1.29, 1.82) is 0 Å². The molecule has 0 heterocycles. The lowest BCUT2D eigenvalue weighted by atomic mass is 9.79. The maximum absolute atomic E-state index is 14.5. The van der Waals surface area contributed by atoms with Crippen LogP contribution in [0.4, 0.5) is 74.6 Å². The summed E-state index contributed by atoms with van der Waals surface area (Å²) in [6.45, 7) is 0. The Hall–Kier alpha value is -2.59. The number of ketones is 1. The highest BCUT2D eigenvalue weighted by Gasteiger charge is 2.88. The van der Waals surface area contributed by atoms with Gasteiger partial charge in [-0.05, 0) is 12.2 Å². The van der Waals surface area contributed by atoms with Crippen LogP contribution < -0.4 is 0 Å². The molecule has 5 nitrogen and oxygen atoms in total. The lowest BCUT2D eigenvalue weighted by Crippen LogP contribution is -2.66. The van der Waals surface area contributed by atoms with Gasteiger partial charge in [0.25, 0.3) is 0 Å². The summed E-state index contributed by atoms with van der Waals surface area (Å²) < 4.78 is 262. The zero-order valence-electron chi connectivity index (χ0n) is 16.7. The summed E-state index contributed by atoms with van der Waals surface area (Å²) in [6, 6.07) is 0. The molecule has 0 aliphatic heterocycles. The molecule has 0 bridgehead atoms. The van der Waals surface area contributed by atoms with Gasteiger partial charge in [-0.15, -0.1) is 0 Å². The Labute approximate surface area is 196 Å². The van der Waals surface area contributed by atoms with Crippen LogP contribution in [0.25, 0.3) is 0 Å². The van der Waals surface area contributed by atoms with Gasteiger partial charge in [0.15, 0.2) is 5.76 Å². The predicted molar refractivity (Wildman–Crippen MR) is 81.6 cm³/mol. The van der Waals surface area contributed by atoms with E-state index in [9.17, 15) is 92.4 Å². The van der Waals surface area contributed by atoms with E-state index >= 15 is 0 Å². The fraction of sp³-hybridized carbons (Fsp3) is 0.533. The summed E-state index contributed by atoms with van der Waals surface area (Å²) in [5.41, 5.74) is -22.7. The molecule has 0 saturated carbocycles. The monoisotopic (exact) mass is 619 g/mol. The van der Waals surface area contributed by atoms with Gasteiger partial charge < -0.3 is 9.29 Å². The first kappa shape index (κ1) is 33.4. The number of carbonyl (C=O) groups is 1. The molecule has 0 fully saturated rings. The van der Waals surface area contributed by atoms with Crippen LogP contribution in [-0.4, -0.2) is 61.0 Å². The predicted octanol–water partition coefficient (Wildman–Crippen LogP) is 5.77. The van der Waals surface area contributed by atoms with Crippen molar-refractivity contribution in [3.05, 3.63) is 34.1 Å². The molecular formula is C15H4F17O5S-. The third-order valence-electron chi connectivity index (χ3n) is 4.30. The Bertz CT molecular complexity index is 1090. The number of rotatable bonds is 5. The minimum atomic E-state index is -8.44. The molecule has 23 heteroatoms. The average molecular weight is 619 g/mol. The highest BCUT2D eigenvalue weighted by atomic mass is 32.2. The zero-order valence-corrected chi connectivity index (χ0v) is 17.6. The van der Waals surface area contributed by atoms with Gasteiger partial charge in [0.1, 0.15) is 10.1 Å². The van der Waals surface area contributed by atoms with Crippen molar-refractivity contribution < 1.29 is 97.1 Å². The summed E-state index contributed by atoms with van der Waals surface area (Å²) in [4.78, 5) is 10.1. The Morgan fingerprint density at radius 2 is 1.03 bits per heavy atom. The van der Waals surface area contributed by atoms with Gasteiger partial charge >= 0.3 is 42.2 Å². The Morgan fingerprint density at radius 1 is 0.684 bits per heavy atom. The maximum atomic E-state index is 14.5. The normalized spacial score (nSPS) is 17.2. The van der Waals surface area contributed by atoms with E-state index in [2.05, 4.69) is 4.74 Å². The third kappa shape index (κ3) is 5.71. The van der Waals surface area contributed by atoms with Gasteiger partial charge in [0, 0.05) is 11.3 Å². The SMILES string of the molecule is O=C1CC(S(=O)(=O)[O-])=CC=C1OC(=C(C(F)(C(F)(F)F)C(F)(F)F)C(F)(C(F)(F)F)C(F)(F)F)C(F)(F)F. The molecule has 0 N–H and O–H groups in total. The number of allylic oxidation sites excluding steroid dienone is 6. The molecule has 0 aromatic carbocycles. The molecule has 38 heavy (non-hydrogen) atoms. The van der Waals surface area contributed by atoms with E-state index < -0.39 is 92.6 Å². The second-order valence-electron chi connectivity index (χ2n) is 6.83. The van der Waals surface area contributed by atoms with Gasteiger partial charge in [-0.25, -0.2) is 17.2 Å². The molecule has 0 aromatic heterocycles. The molecule has 0 atom stereocenters. The maximum Gasteiger partial charge on any atom is 0.449 e. The molecule has 0 radical (unpaired) electrons. The first-order valence-corrected chi connectivity index (χ1v) is 9.81. The number of ether oxygens (including phenoxy) is 1. The van der Waals surface area contributed by atoms with Crippen LogP contribution in [0.15, 0.2) is 34.1 Å². The van der Waals surface area contributed by atoms with Crippen LogP contribution in [-0.2, 0) is 19.6 Å². The second kappa shape index (κ2) is 9.26. The molecule has 220 valence electrons. The summed E-state index contributed by atoms with van der Waals surface area (Å²) in [7, 11) is -5.64. The topological polar surface area (TPSA) is 83.5 Å². The van der Waals surface area contributed by atoms with E-state index in [1.54, 1.807) is 0 Å². The Morgan fingerprint density at radius 3 is 1.26 bits per heavy atom. The molecule has 1 aliphatic carbocycles. The minimum Gasteiger partial charge on any atom is -0.744 e. The van der Waals surface area contributed by atoms with Crippen molar-refractivity contribution in [2.75, 3.05) is 0 Å². The third-order valence-corrected chi connectivity index (χ3v) is 5.22. The van der Waals surface area contributed by atoms with E-state index in [1.807, 2.05) is 0 Å². The van der Waals surface area contributed by atoms with Crippen molar-refractivity contribution in [2.45, 2.75) is 48.6 Å². The first-order chi connectivity index (χ1) is 16.3. The van der Waals surface area contributed by atoms with E-state index in [4.69, 9.17) is 0 Å². The quantitative estimate of drug-likeness (QED) is 0.222. The first-order valence-electron chi connectivity index (χ1n) is 8.40. The lowest BCUT2D eigenvalue weighted by Gasteiger charge is -2.41. The standard InChI is InChI=1S/C15H5F17O5S/c16-9(12(21,22)23,13(24,25)26)7(10(17,14(27,28)29)15(30,31)32)8(11(18,19)20)37-6-2-1-4(3-5(6)33)38(34,35)36/h1-2H,3H2,(H,34,35,36)/p-1. The average Bonchev–Trinajstić information content (AvgIpc) is 2.62. The summed E-state index contributed by atoms with van der Waals surface area (Å²) in [6.07, 6.45) is -43.1. The summed E-state index contributed by atoms with van der Waals surface area (Å²) in [5, 5.41) is 0. The van der Waals surface area contributed by atoms with Crippen LogP contribution in [0.5, 0.6) is 0 Å². The van der Waals surface area contributed by atoms with Crippen LogP contribution in [0.2, 0.25) is 0 Å². The molecular weight excluding hydrogens is 615 g/mol. The smallest absolute Gasteiger partial charge is 0.449 e. The van der Waals surface area contributed by atoms with Crippen molar-refractivity contribution in [3.63, 3.8) is 0 Å². The number of halogens is 17. The largest absolute Gasteiger partial charge is 0.744 e. The van der Waals surface area contributed by atoms with Crippen molar-refractivity contribution in [2.24, 2.45) is 0 Å². The molecule has 1 rings (SSSR count). The van der Waals surface area contributed by atoms with Crippen LogP contribution in [0, 0.1) is 0 Å². The van der Waals surface area contributed by atoms with Crippen molar-refractivity contribution >= 4 is 15.9 Å².